The molecule has 0 fully saturated rings. The predicted molar refractivity (Wildman–Crippen MR) is 79.5 cm³/mol. The van der Waals surface area contributed by atoms with E-state index in [9.17, 15) is 0 Å². The lowest BCUT2D eigenvalue weighted by Gasteiger charge is -2.29. The van der Waals surface area contributed by atoms with Crippen molar-refractivity contribution in [2.45, 2.75) is 32.7 Å². The number of anilines is 1. The van der Waals surface area contributed by atoms with Gasteiger partial charge in [-0.3, -0.25) is 4.98 Å². The van der Waals surface area contributed by atoms with Crippen LogP contribution in [-0.4, -0.2) is 16.4 Å². The average Bonchev–Trinajstić information content (AvgIpc) is 2.38. The first-order chi connectivity index (χ1) is 8.58. The SMILES string of the molecule is CCC(C)(CCl)Nc1cc(C)nc2ccccc12. The van der Waals surface area contributed by atoms with Gasteiger partial charge in [0.25, 0.3) is 0 Å². The summed E-state index contributed by atoms with van der Waals surface area (Å²) in [4.78, 5) is 4.54. The normalized spacial score (nSPS) is 14.4. The molecule has 0 aliphatic rings. The average molecular weight is 263 g/mol. The third-order valence-electron chi connectivity index (χ3n) is 3.36. The minimum atomic E-state index is -0.0852. The van der Waals surface area contributed by atoms with Gasteiger partial charge in [0, 0.05) is 28.2 Å². The fraction of sp³-hybridized carbons (Fsp3) is 0.400. The van der Waals surface area contributed by atoms with E-state index in [-0.39, 0.29) is 5.54 Å². The van der Waals surface area contributed by atoms with Crippen LogP contribution < -0.4 is 5.32 Å². The van der Waals surface area contributed by atoms with Gasteiger partial charge in [-0.05, 0) is 32.4 Å². The van der Waals surface area contributed by atoms with Crippen molar-refractivity contribution in [2.75, 3.05) is 11.2 Å². The molecule has 1 atom stereocenters. The van der Waals surface area contributed by atoms with E-state index >= 15 is 0 Å². The second-order valence-corrected chi connectivity index (χ2v) is 5.27. The molecule has 1 unspecified atom stereocenters. The van der Waals surface area contributed by atoms with Crippen LogP contribution in [0.1, 0.15) is 26.0 Å². The molecule has 3 heteroatoms. The molecule has 0 radical (unpaired) electrons. The molecule has 1 aromatic heterocycles. The van der Waals surface area contributed by atoms with Crippen molar-refractivity contribution in [3.8, 4) is 0 Å². The van der Waals surface area contributed by atoms with Crippen molar-refractivity contribution in [3.63, 3.8) is 0 Å². The van der Waals surface area contributed by atoms with E-state index in [0.717, 1.165) is 28.7 Å². The van der Waals surface area contributed by atoms with Gasteiger partial charge in [0.15, 0.2) is 0 Å². The van der Waals surface area contributed by atoms with Crippen molar-refractivity contribution in [1.82, 2.24) is 4.98 Å². The van der Waals surface area contributed by atoms with Gasteiger partial charge in [-0.1, -0.05) is 25.1 Å². The third kappa shape index (κ3) is 2.59. The molecule has 1 N–H and O–H groups in total. The van der Waals surface area contributed by atoms with E-state index in [0.29, 0.717) is 5.88 Å². The zero-order valence-corrected chi connectivity index (χ0v) is 11.9. The Bertz CT molecular complexity index is 547. The second-order valence-electron chi connectivity index (χ2n) is 5.00. The van der Waals surface area contributed by atoms with Crippen molar-refractivity contribution < 1.29 is 0 Å². The highest BCUT2D eigenvalue weighted by Crippen LogP contribution is 2.27. The Labute approximate surface area is 113 Å². The maximum absolute atomic E-state index is 6.07. The van der Waals surface area contributed by atoms with Crippen molar-refractivity contribution in [3.05, 3.63) is 36.0 Å². The van der Waals surface area contributed by atoms with Crippen LogP contribution in [0.15, 0.2) is 30.3 Å². The molecule has 0 aliphatic heterocycles. The highest BCUT2D eigenvalue weighted by molar-refractivity contribution is 6.18. The molecule has 1 aromatic carbocycles. The summed E-state index contributed by atoms with van der Waals surface area (Å²) in [5, 5.41) is 4.71. The highest BCUT2D eigenvalue weighted by Gasteiger charge is 2.21. The summed E-state index contributed by atoms with van der Waals surface area (Å²) in [7, 11) is 0. The molecule has 2 nitrogen and oxygen atoms in total. The molecule has 0 spiro atoms. The highest BCUT2D eigenvalue weighted by atomic mass is 35.5. The van der Waals surface area contributed by atoms with Gasteiger partial charge >= 0.3 is 0 Å². The lowest BCUT2D eigenvalue weighted by molar-refractivity contribution is 0.554. The van der Waals surface area contributed by atoms with Crippen LogP contribution in [0.4, 0.5) is 5.69 Å². The Morgan fingerprint density at radius 3 is 2.72 bits per heavy atom. The third-order valence-corrected chi connectivity index (χ3v) is 3.95. The number of benzene rings is 1. The topological polar surface area (TPSA) is 24.9 Å². The lowest BCUT2D eigenvalue weighted by atomic mass is 10.0. The van der Waals surface area contributed by atoms with Crippen LogP contribution in [-0.2, 0) is 0 Å². The second kappa shape index (κ2) is 5.15. The Hall–Kier alpha value is -1.28. The summed E-state index contributed by atoms with van der Waals surface area (Å²) in [5.41, 5.74) is 3.07. The number of aromatic nitrogens is 1. The van der Waals surface area contributed by atoms with E-state index in [4.69, 9.17) is 11.6 Å². The van der Waals surface area contributed by atoms with E-state index in [2.05, 4.69) is 36.3 Å². The van der Waals surface area contributed by atoms with Gasteiger partial charge in [0.05, 0.1) is 5.52 Å². The van der Waals surface area contributed by atoms with Crippen molar-refractivity contribution in [2.24, 2.45) is 0 Å². The summed E-state index contributed by atoms with van der Waals surface area (Å²) < 4.78 is 0. The first-order valence-electron chi connectivity index (χ1n) is 6.28. The molecular formula is C15H19ClN2. The number of nitrogens with zero attached hydrogens (tertiary/aromatic N) is 1. The molecular weight excluding hydrogens is 244 g/mol. The van der Waals surface area contributed by atoms with Crippen LogP contribution in [0.5, 0.6) is 0 Å². The molecule has 96 valence electrons. The predicted octanol–water partition coefficient (Wildman–Crippen LogP) is 4.36. The quantitative estimate of drug-likeness (QED) is 0.828. The van der Waals surface area contributed by atoms with E-state index in [1.165, 1.54) is 0 Å². The summed E-state index contributed by atoms with van der Waals surface area (Å²) >= 11 is 6.07. The van der Waals surface area contributed by atoms with Crippen LogP contribution in [0, 0.1) is 6.92 Å². The Morgan fingerprint density at radius 1 is 1.33 bits per heavy atom. The van der Waals surface area contributed by atoms with Gasteiger partial charge in [0.2, 0.25) is 0 Å². The fourth-order valence-electron chi connectivity index (χ4n) is 1.95. The summed E-state index contributed by atoms with van der Waals surface area (Å²) in [6, 6.07) is 10.3. The molecule has 0 saturated heterocycles. The zero-order chi connectivity index (χ0) is 13.2. The van der Waals surface area contributed by atoms with Crippen LogP contribution in [0.3, 0.4) is 0 Å². The van der Waals surface area contributed by atoms with Gasteiger partial charge in [0.1, 0.15) is 0 Å². The fourth-order valence-corrected chi connectivity index (χ4v) is 2.21. The number of aryl methyl sites for hydroxylation is 1. The number of hydrogen-bond acceptors (Lipinski definition) is 2. The Balaban J connectivity index is 2.50. The summed E-state index contributed by atoms with van der Waals surface area (Å²) in [6.45, 7) is 6.30. The molecule has 0 bridgehead atoms. The van der Waals surface area contributed by atoms with Crippen LogP contribution in [0.25, 0.3) is 10.9 Å². The van der Waals surface area contributed by atoms with Crippen LogP contribution >= 0.6 is 11.6 Å². The standard InChI is InChI=1S/C15H19ClN2/c1-4-15(3,10-16)18-14-9-11(2)17-13-8-6-5-7-12(13)14/h5-9H,4,10H2,1-3H3,(H,17,18). The Kier molecular flexibility index (Phi) is 3.76. The molecule has 0 amide bonds. The van der Waals surface area contributed by atoms with E-state index < -0.39 is 0 Å². The molecule has 2 rings (SSSR count). The van der Waals surface area contributed by atoms with Gasteiger partial charge < -0.3 is 5.32 Å². The number of para-hydroxylation sites is 1. The van der Waals surface area contributed by atoms with Crippen molar-refractivity contribution >= 4 is 28.2 Å². The molecule has 2 aromatic rings. The summed E-state index contributed by atoms with van der Waals surface area (Å²) in [5.74, 6) is 0.583. The van der Waals surface area contributed by atoms with Gasteiger partial charge in [-0.15, -0.1) is 11.6 Å². The molecule has 0 aliphatic carbocycles. The minimum Gasteiger partial charge on any atom is -0.378 e. The smallest absolute Gasteiger partial charge is 0.0725 e. The zero-order valence-electron chi connectivity index (χ0n) is 11.1. The number of nitrogens with one attached hydrogen (secondary N) is 1. The maximum atomic E-state index is 6.07. The van der Waals surface area contributed by atoms with Gasteiger partial charge in [-0.25, -0.2) is 0 Å². The van der Waals surface area contributed by atoms with Crippen LogP contribution in [0.2, 0.25) is 0 Å². The van der Waals surface area contributed by atoms with Crippen molar-refractivity contribution in [1.29, 1.82) is 0 Å². The van der Waals surface area contributed by atoms with Gasteiger partial charge in [-0.2, -0.15) is 0 Å². The number of hydrogen-bond donors (Lipinski definition) is 1. The number of alkyl halides is 1. The monoisotopic (exact) mass is 262 g/mol. The van der Waals surface area contributed by atoms with E-state index in [1.54, 1.807) is 0 Å². The number of fused-ring (bicyclic) bond motifs is 1. The molecule has 1 heterocycles. The maximum Gasteiger partial charge on any atom is 0.0725 e. The molecule has 0 saturated carbocycles. The Morgan fingerprint density at radius 2 is 2.06 bits per heavy atom. The number of pyridine rings is 1. The summed E-state index contributed by atoms with van der Waals surface area (Å²) in [6.07, 6.45) is 0.978. The number of halogens is 1. The first-order valence-corrected chi connectivity index (χ1v) is 6.82. The lowest BCUT2D eigenvalue weighted by Crippen LogP contribution is -2.36. The minimum absolute atomic E-state index is 0.0852. The van der Waals surface area contributed by atoms with E-state index in [1.807, 2.05) is 25.1 Å². The number of rotatable bonds is 4. The molecule has 18 heavy (non-hydrogen) atoms. The first kappa shape index (κ1) is 13.2. The largest absolute Gasteiger partial charge is 0.378 e.